The Balaban J connectivity index is 0.000000276. The highest BCUT2D eigenvalue weighted by molar-refractivity contribution is 7.90. The van der Waals surface area contributed by atoms with Gasteiger partial charge in [0.15, 0.2) is 15.6 Å². The molecule has 1 aliphatic carbocycles. The van der Waals surface area contributed by atoms with Gasteiger partial charge in [-0.05, 0) is 64.1 Å². The van der Waals surface area contributed by atoms with Crippen LogP contribution in [0.15, 0.2) is 102 Å². The van der Waals surface area contributed by atoms with Crippen LogP contribution in [0.3, 0.4) is 0 Å². The van der Waals surface area contributed by atoms with Gasteiger partial charge in [-0.15, -0.1) is 0 Å². The molecule has 0 saturated carbocycles. The van der Waals surface area contributed by atoms with E-state index in [0.717, 1.165) is 57.6 Å². The number of aliphatic hydroxyl groups is 2. The van der Waals surface area contributed by atoms with E-state index in [4.69, 9.17) is 9.47 Å². The number of Topliss-reactive ketones (excluding diaryl/α,β-unsaturated/α-hetero) is 1. The molecule has 0 saturated heterocycles. The summed E-state index contributed by atoms with van der Waals surface area (Å²) >= 11 is 0. The number of methoxy groups -OCH3 is 2. The molecule has 0 bridgehead atoms. The highest BCUT2D eigenvalue weighted by Crippen LogP contribution is 2.29. The fourth-order valence-electron chi connectivity index (χ4n) is 4.97. The Morgan fingerprint density at radius 1 is 0.750 bits per heavy atom. The standard InChI is InChI=1S/C24H26O4.C12H10O3S.H2/c1-27-23-9-7-18(8-10-23)12-21-13-20(22(16-26)14-24(21)28-2)11-17-3-5-19(15-25)6-4-17;1-8-6-7-9-10(12(8)13)4-3-5-11(9)16(2,14)15;/h3-10,13-14,25-26H,11-12,15-16H2,1-2H3;3-7H,1H2,2H3;1H. The van der Waals surface area contributed by atoms with E-state index >= 15 is 0 Å². The number of ketones is 1. The molecular formula is C36H38O7S. The fraction of sp³-hybridized carbons (Fsp3) is 0.194. The average Bonchev–Trinajstić information content (AvgIpc) is 3.03. The second kappa shape index (κ2) is 14.3. The Labute approximate surface area is 260 Å². The number of allylic oxidation sites excluding steroid dienone is 2. The van der Waals surface area contributed by atoms with E-state index in [1.165, 1.54) is 6.07 Å². The molecule has 0 fully saturated rings. The van der Waals surface area contributed by atoms with Crippen molar-refractivity contribution in [1.82, 2.24) is 0 Å². The summed E-state index contributed by atoms with van der Waals surface area (Å²) in [6.07, 6.45) is 5.73. The van der Waals surface area contributed by atoms with Crippen molar-refractivity contribution in [2.24, 2.45) is 0 Å². The Morgan fingerprint density at radius 3 is 1.93 bits per heavy atom. The largest absolute Gasteiger partial charge is 0.497 e. The lowest BCUT2D eigenvalue weighted by Gasteiger charge is -2.15. The smallest absolute Gasteiger partial charge is 0.193 e. The van der Waals surface area contributed by atoms with Crippen LogP contribution in [0.25, 0.3) is 6.08 Å². The Morgan fingerprint density at radius 2 is 1.36 bits per heavy atom. The van der Waals surface area contributed by atoms with Crippen LogP contribution in [-0.2, 0) is 35.9 Å². The summed E-state index contributed by atoms with van der Waals surface area (Å²) in [6.45, 7) is 3.60. The van der Waals surface area contributed by atoms with Crippen LogP contribution in [0, 0.1) is 0 Å². The van der Waals surface area contributed by atoms with Gasteiger partial charge in [-0.1, -0.05) is 73.3 Å². The van der Waals surface area contributed by atoms with E-state index in [1.807, 2.05) is 54.6 Å². The zero-order valence-electron chi connectivity index (χ0n) is 25.0. The van der Waals surface area contributed by atoms with Crippen LogP contribution >= 0.6 is 0 Å². The molecule has 0 amide bonds. The third kappa shape index (κ3) is 7.71. The number of hydrogen-bond acceptors (Lipinski definition) is 7. The summed E-state index contributed by atoms with van der Waals surface area (Å²) < 4.78 is 33.9. The summed E-state index contributed by atoms with van der Waals surface area (Å²) in [5.74, 6) is 1.39. The first-order valence-corrected chi connectivity index (χ1v) is 15.8. The van der Waals surface area contributed by atoms with Gasteiger partial charge in [-0.25, -0.2) is 8.42 Å². The third-order valence-corrected chi connectivity index (χ3v) is 8.53. The van der Waals surface area contributed by atoms with Gasteiger partial charge in [-0.2, -0.15) is 0 Å². The number of fused-ring (bicyclic) bond motifs is 1. The van der Waals surface area contributed by atoms with Gasteiger partial charge >= 0.3 is 0 Å². The highest BCUT2D eigenvalue weighted by Gasteiger charge is 2.22. The fourth-order valence-corrected chi connectivity index (χ4v) is 5.88. The summed E-state index contributed by atoms with van der Waals surface area (Å²) in [6, 6.07) is 24.6. The lowest BCUT2D eigenvalue weighted by atomic mass is 9.93. The van der Waals surface area contributed by atoms with Crippen molar-refractivity contribution in [1.29, 1.82) is 0 Å². The first kappa shape index (κ1) is 32.4. The van der Waals surface area contributed by atoms with Crippen molar-refractivity contribution in [3.05, 3.63) is 142 Å². The number of ether oxygens (including phenoxy) is 2. The lowest BCUT2D eigenvalue weighted by molar-refractivity contribution is 0.103. The molecule has 4 aromatic carbocycles. The van der Waals surface area contributed by atoms with Crippen molar-refractivity contribution in [3.8, 4) is 11.5 Å². The van der Waals surface area contributed by atoms with Gasteiger partial charge in [0.25, 0.3) is 0 Å². The van der Waals surface area contributed by atoms with Gasteiger partial charge in [0.05, 0.1) is 32.3 Å². The molecule has 0 unspecified atom stereocenters. The first-order chi connectivity index (χ1) is 21.1. The molecule has 8 heteroatoms. The van der Waals surface area contributed by atoms with Crippen LogP contribution in [-0.4, -0.2) is 44.9 Å². The van der Waals surface area contributed by atoms with Crippen LogP contribution in [0.1, 0.15) is 50.7 Å². The summed E-state index contributed by atoms with van der Waals surface area (Å²) in [4.78, 5) is 11.9. The van der Waals surface area contributed by atoms with Crippen LogP contribution in [0.4, 0.5) is 0 Å². The molecule has 230 valence electrons. The SMILES string of the molecule is C=C1C=Cc2c(cccc2S(C)(=O)=O)C1=O.COc1ccc(Cc2cc(Cc3ccc(CO)cc3)c(CO)cc2OC)cc1.[HH]. The van der Waals surface area contributed by atoms with E-state index in [2.05, 4.69) is 12.6 Å². The summed E-state index contributed by atoms with van der Waals surface area (Å²) in [5, 5.41) is 19.0. The van der Waals surface area contributed by atoms with Crippen LogP contribution < -0.4 is 9.47 Å². The van der Waals surface area contributed by atoms with E-state index < -0.39 is 9.84 Å². The minimum Gasteiger partial charge on any atom is -0.497 e. The minimum atomic E-state index is -3.32. The van der Waals surface area contributed by atoms with Crippen molar-refractivity contribution in [2.75, 3.05) is 20.5 Å². The van der Waals surface area contributed by atoms with E-state index in [-0.39, 0.29) is 25.3 Å². The molecule has 4 aromatic rings. The second-order valence-corrected chi connectivity index (χ2v) is 12.4. The molecule has 0 aliphatic heterocycles. The molecule has 1 aliphatic rings. The molecule has 0 radical (unpaired) electrons. The molecule has 7 nitrogen and oxygen atoms in total. The van der Waals surface area contributed by atoms with E-state index in [1.54, 1.807) is 38.5 Å². The van der Waals surface area contributed by atoms with Crippen LogP contribution in [0.5, 0.6) is 11.5 Å². The Hall–Kier alpha value is -4.50. The molecule has 44 heavy (non-hydrogen) atoms. The second-order valence-electron chi connectivity index (χ2n) is 10.4. The van der Waals surface area contributed by atoms with E-state index in [9.17, 15) is 23.4 Å². The number of hydrogen-bond donors (Lipinski definition) is 2. The lowest BCUT2D eigenvalue weighted by Crippen LogP contribution is -2.11. The summed E-state index contributed by atoms with van der Waals surface area (Å²) in [7, 11) is -0.00651. The highest BCUT2D eigenvalue weighted by atomic mass is 32.2. The van der Waals surface area contributed by atoms with E-state index in [0.29, 0.717) is 23.1 Å². The zero-order valence-corrected chi connectivity index (χ0v) is 25.9. The van der Waals surface area contributed by atoms with Gasteiger partial charge in [0.1, 0.15) is 11.5 Å². The molecule has 2 N–H and O–H groups in total. The Kier molecular flexibility index (Phi) is 10.5. The maximum Gasteiger partial charge on any atom is 0.193 e. The quantitative estimate of drug-likeness (QED) is 0.224. The zero-order chi connectivity index (χ0) is 31.9. The predicted molar refractivity (Wildman–Crippen MR) is 174 cm³/mol. The van der Waals surface area contributed by atoms with Crippen molar-refractivity contribution >= 4 is 21.7 Å². The minimum absolute atomic E-state index is 0. The maximum atomic E-state index is 11.8. The topological polar surface area (TPSA) is 110 Å². The Bertz CT molecular complexity index is 1720. The molecule has 0 atom stereocenters. The van der Waals surface area contributed by atoms with Gasteiger partial charge in [0, 0.05) is 30.8 Å². The molecule has 0 heterocycles. The number of rotatable bonds is 9. The number of carbonyl (C=O) groups is 1. The van der Waals surface area contributed by atoms with Gasteiger partial charge in [0.2, 0.25) is 0 Å². The van der Waals surface area contributed by atoms with Crippen molar-refractivity contribution in [3.63, 3.8) is 0 Å². The van der Waals surface area contributed by atoms with Crippen LogP contribution in [0.2, 0.25) is 0 Å². The number of sulfone groups is 1. The maximum absolute atomic E-state index is 11.8. The first-order valence-electron chi connectivity index (χ1n) is 13.9. The molecular weight excluding hydrogens is 576 g/mol. The van der Waals surface area contributed by atoms with Gasteiger partial charge < -0.3 is 19.7 Å². The summed E-state index contributed by atoms with van der Waals surface area (Å²) in [5.41, 5.74) is 7.43. The third-order valence-electron chi connectivity index (χ3n) is 7.38. The molecule has 0 aromatic heterocycles. The number of aliphatic hydroxyl groups excluding tert-OH is 2. The molecule has 0 spiro atoms. The monoisotopic (exact) mass is 614 g/mol. The number of benzene rings is 4. The van der Waals surface area contributed by atoms with Gasteiger partial charge in [-0.3, -0.25) is 4.79 Å². The normalized spacial score (nSPS) is 12.3. The number of carbonyl (C=O) groups excluding carboxylic acids is 1. The predicted octanol–water partition coefficient (Wildman–Crippen LogP) is 5.97. The van der Waals surface area contributed by atoms with Crippen molar-refractivity contribution in [2.45, 2.75) is 31.0 Å². The average molecular weight is 615 g/mol. The molecule has 5 rings (SSSR count). The van der Waals surface area contributed by atoms with Crippen molar-refractivity contribution < 1.29 is 34.3 Å².